The molecule has 0 spiro atoms. The second kappa shape index (κ2) is 10.3. The van der Waals surface area contributed by atoms with Crippen LogP contribution in [0.5, 0.6) is 11.5 Å². The Labute approximate surface area is 184 Å². The van der Waals surface area contributed by atoms with E-state index in [0.29, 0.717) is 26.2 Å². The summed E-state index contributed by atoms with van der Waals surface area (Å²) < 4.78 is 11.5. The topological polar surface area (TPSA) is 59.1 Å². The van der Waals surface area contributed by atoms with Crippen molar-refractivity contribution >= 4 is 11.8 Å². The van der Waals surface area contributed by atoms with Gasteiger partial charge >= 0.3 is 0 Å². The van der Waals surface area contributed by atoms with Gasteiger partial charge in [-0.05, 0) is 62.9 Å². The average Bonchev–Trinajstić information content (AvgIpc) is 3.00. The fourth-order valence-electron chi connectivity index (χ4n) is 3.72. The molecule has 0 atom stereocenters. The molecule has 0 aliphatic carbocycles. The SMILES string of the molecule is Cc1ccc(OCC(=O)N2CCCN(C(=O)COc3cccc(C)c3C)CC2)c(C)c1. The first-order valence-corrected chi connectivity index (χ1v) is 10.8. The highest BCUT2D eigenvalue weighted by molar-refractivity contribution is 5.79. The van der Waals surface area contributed by atoms with Crippen molar-refractivity contribution in [3.8, 4) is 11.5 Å². The molecule has 2 aromatic carbocycles. The molecule has 0 radical (unpaired) electrons. The molecule has 6 heteroatoms. The van der Waals surface area contributed by atoms with Crippen molar-refractivity contribution in [1.29, 1.82) is 0 Å². The number of rotatable bonds is 6. The third-order valence-corrected chi connectivity index (χ3v) is 5.79. The van der Waals surface area contributed by atoms with Gasteiger partial charge in [-0.15, -0.1) is 0 Å². The van der Waals surface area contributed by atoms with Gasteiger partial charge in [0.15, 0.2) is 13.2 Å². The van der Waals surface area contributed by atoms with Crippen molar-refractivity contribution in [3.05, 3.63) is 58.7 Å². The Morgan fingerprint density at radius 3 is 2.00 bits per heavy atom. The van der Waals surface area contributed by atoms with Crippen LogP contribution >= 0.6 is 0 Å². The van der Waals surface area contributed by atoms with Crippen LogP contribution in [0.15, 0.2) is 36.4 Å². The minimum absolute atomic E-state index is 0.00753. The lowest BCUT2D eigenvalue weighted by Gasteiger charge is -2.22. The molecular formula is C25H32N2O4. The summed E-state index contributed by atoms with van der Waals surface area (Å²) in [7, 11) is 0. The molecule has 31 heavy (non-hydrogen) atoms. The molecule has 1 aliphatic rings. The van der Waals surface area contributed by atoms with E-state index < -0.39 is 0 Å². The van der Waals surface area contributed by atoms with Gasteiger partial charge in [-0.2, -0.15) is 0 Å². The van der Waals surface area contributed by atoms with Crippen LogP contribution in [0.2, 0.25) is 0 Å². The first-order valence-electron chi connectivity index (χ1n) is 10.8. The monoisotopic (exact) mass is 424 g/mol. The van der Waals surface area contributed by atoms with E-state index in [1.165, 1.54) is 0 Å². The van der Waals surface area contributed by atoms with E-state index in [0.717, 1.165) is 40.2 Å². The van der Waals surface area contributed by atoms with E-state index >= 15 is 0 Å². The maximum Gasteiger partial charge on any atom is 0.260 e. The third-order valence-electron chi connectivity index (χ3n) is 5.79. The Morgan fingerprint density at radius 2 is 1.39 bits per heavy atom. The predicted octanol–water partition coefficient (Wildman–Crippen LogP) is 3.44. The summed E-state index contributed by atoms with van der Waals surface area (Å²) in [6.07, 6.45) is 0.741. The van der Waals surface area contributed by atoms with Gasteiger partial charge in [-0.1, -0.05) is 29.8 Å². The molecule has 0 aromatic heterocycles. The Bertz CT molecular complexity index is 941. The van der Waals surface area contributed by atoms with Gasteiger partial charge in [0, 0.05) is 26.2 Å². The number of carbonyl (C=O) groups is 2. The summed E-state index contributed by atoms with van der Waals surface area (Å²) in [5.41, 5.74) is 4.36. The van der Waals surface area contributed by atoms with Crippen molar-refractivity contribution in [3.63, 3.8) is 0 Å². The zero-order valence-corrected chi connectivity index (χ0v) is 18.9. The van der Waals surface area contributed by atoms with Gasteiger partial charge in [0.05, 0.1) is 0 Å². The highest BCUT2D eigenvalue weighted by atomic mass is 16.5. The molecule has 2 amide bonds. The average molecular weight is 425 g/mol. The highest BCUT2D eigenvalue weighted by Crippen LogP contribution is 2.21. The summed E-state index contributed by atoms with van der Waals surface area (Å²) >= 11 is 0. The zero-order valence-electron chi connectivity index (χ0n) is 18.9. The van der Waals surface area contributed by atoms with E-state index in [4.69, 9.17) is 9.47 Å². The van der Waals surface area contributed by atoms with Crippen molar-refractivity contribution in [1.82, 2.24) is 9.80 Å². The lowest BCUT2D eigenvalue weighted by Crippen LogP contribution is -2.40. The lowest BCUT2D eigenvalue weighted by molar-refractivity contribution is -0.135. The van der Waals surface area contributed by atoms with Crippen LogP contribution in [0, 0.1) is 27.7 Å². The highest BCUT2D eigenvalue weighted by Gasteiger charge is 2.23. The second-order valence-electron chi connectivity index (χ2n) is 8.16. The number of hydrogen-bond acceptors (Lipinski definition) is 4. The third kappa shape index (κ3) is 6.00. The predicted molar refractivity (Wildman–Crippen MR) is 121 cm³/mol. The number of ether oxygens (including phenoxy) is 2. The maximum absolute atomic E-state index is 12.6. The van der Waals surface area contributed by atoms with Crippen molar-refractivity contribution in [2.75, 3.05) is 39.4 Å². The minimum atomic E-state index is -0.0547. The number of benzene rings is 2. The number of carbonyl (C=O) groups excluding carboxylic acids is 2. The standard InChI is InChI=1S/C25H32N2O4/c1-18-9-10-22(20(3)15-18)30-16-24(28)26-11-6-12-27(14-13-26)25(29)17-31-23-8-5-7-19(2)21(23)4/h5,7-10,15H,6,11-14,16-17H2,1-4H3. The van der Waals surface area contributed by atoms with Crippen molar-refractivity contribution in [2.24, 2.45) is 0 Å². The quantitative estimate of drug-likeness (QED) is 0.713. The zero-order chi connectivity index (χ0) is 22.4. The van der Waals surface area contributed by atoms with E-state index in [2.05, 4.69) is 0 Å². The van der Waals surface area contributed by atoms with Crippen molar-refractivity contribution < 1.29 is 19.1 Å². The van der Waals surface area contributed by atoms with Gasteiger partial charge < -0.3 is 19.3 Å². The molecule has 166 valence electrons. The normalized spacial score (nSPS) is 14.2. The molecule has 2 aromatic rings. The number of aryl methyl sites for hydroxylation is 3. The molecule has 1 saturated heterocycles. The number of amides is 2. The fourth-order valence-corrected chi connectivity index (χ4v) is 3.72. The molecule has 6 nitrogen and oxygen atoms in total. The van der Waals surface area contributed by atoms with Crippen LogP contribution in [0.25, 0.3) is 0 Å². The molecule has 0 bridgehead atoms. The van der Waals surface area contributed by atoms with E-state index in [9.17, 15) is 9.59 Å². The first-order chi connectivity index (χ1) is 14.8. The summed E-state index contributed by atoms with van der Waals surface area (Å²) in [5.74, 6) is 1.36. The van der Waals surface area contributed by atoms with E-state index in [1.54, 1.807) is 9.80 Å². The van der Waals surface area contributed by atoms with E-state index in [1.807, 2.05) is 64.1 Å². The summed E-state index contributed by atoms with van der Waals surface area (Å²) in [5, 5.41) is 0. The van der Waals surface area contributed by atoms with Crippen LogP contribution in [0.1, 0.15) is 28.7 Å². The number of nitrogens with zero attached hydrogens (tertiary/aromatic N) is 2. The van der Waals surface area contributed by atoms with Crippen molar-refractivity contribution in [2.45, 2.75) is 34.1 Å². The second-order valence-corrected chi connectivity index (χ2v) is 8.16. The Kier molecular flexibility index (Phi) is 7.55. The molecule has 0 saturated carbocycles. The van der Waals surface area contributed by atoms with Gasteiger partial charge in [-0.3, -0.25) is 9.59 Å². The molecule has 3 rings (SSSR count). The van der Waals surface area contributed by atoms with Crippen LogP contribution in [0.4, 0.5) is 0 Å². The Balaban J connectivity index is 1.48. The first kappa shape index (κ1) is 22.7. The summed E-state index contributed by atoms with van der Waals surface area (Å²) in [4.78, 5) is 28.8. The molecule has 1 fully saturated rings. The smallest absolute Gasteiger partial charge is 0.260 e. The number of hydrogen-bond donors (Lipinski definition) is 0. The molecule has 0 N–H and O–H groups in total. The van der Waals surface area contributed by atoms with Crippen LogP contribution in [-0.2, 0) is 9.59 Å². The molecule has 1 heterocycles. The van der Waals surface area contributed by atoms with Gasteiger partial charge in [0.2, 0.25) is 0 Å². The molecule has 1 aliphatic heterocycles. The van der Waals surface area contributed by atoms with Crippen LogP contribution in [0.3, 0.4) is 0 Å². The Morgan fingerprint density at radius 1 is 0.774 bits per heavy atom. The summed E-state index contributed by atoms with van der Waals surface area (Å²) in [6, 6.07) is 11.7. The maximum atomic E-state index is 12.6. The van der Waals surface area contributed by atoms with E-state index in [-0.39, 0.29) is 25.0 Å². The minimum Gasteiger partial charge on any atom is -0.484 e. The van der Waals surface area contributed by atoms with Gasteiger partial charge in [0.25, 0.3) is 11.8 Å². The van der Waals surface area contributed by atoms with Crippen LogP contribution in [-0.4, -0.2) is 61.0 Å². The largest absolute Gasteiger partial charge is 0.484 e. The fraction of sp³-hybridized carbons (Fsp3) is 0.440. The van der Waals surface area contributed by atoms with Gasteiger partial charge in [0.1, 0.15) is 11.5 Å². The molecule has 0 unspecified atom stereocenters. The van der Waals surface area contributed by atoms with Crippen LogP contribution < -0.4 is 9.47 Å². The van der Waals surface area contributed by atoms with Gasteiger partial charge in [-0.25, -0.2) is 0 Å². The summed E-state index contributed by atoms with van der Waals surface area (Å²) in [6.45, 7) is 10.3. The lowest BCUT2D eigenvalue weighted by atomic mass is 10.1. The molecular weight excluding hydrogens is 392 g/mol. The Hall–Kier alpha value is -3.02.